The zero-order valence-electron chi connectivity index (χ0n) is 19.9. The van der Waals surface area contributed by atoms with E-state index in [2.05, 4.69) is 39.5 Å². The highest BCUT2D eigenvalue weighted by Gasteiger charge is 2.24. The maximum Gasteiger partial charge on any atom is 0.332 e. The van der Waals surface area contributed by atoms with Crippen LogP contribution >= 0.6 is 0 Å². The predicted octanol–water partition coefficient (Wildman–Crippen LogP) is 2.70. The Kier molecular flexibility index (Phi) is 6.25. The van der Waals surface area contributed by atoms with Gasteiger partial charge in [0.1, 0.15) is 5.82 Å². The molecule has 0 radical (unpaired) electrons. The molecule has 0 atom stereocenters. The van der Waals surface area contributed by atoms with Crippen LogP contribution in [0.15, 0.2) is 64.2 Å². The van der Waals surface area contributed by atoms with E-state index in [4.69, 9.17) is 0 Å². The van der Waals surface area contributed by atoms with Crippen LogP contribution in [0.4, 0.5) is 10.3 Å². The molecule has 0 aliphatic carbocycles. The number of rotatable bonds is 6. The number of hydrogen-bond acceptors (Lipinski definition) is 5. The summed E-state index contributed by atoms with van der Waals surface area (Å²) in [5.41, 5.74) is 1.42. The minimum atomic E-state index is -0.447. The molecule has 0 bridgehead atoms. The number of likely N-dealkylation sites (tertiary alicyclic amines) is 1. The average molecular weight is 477 g/mol. The lowest BCUT2D eigenvalue weighted by Crippen LogP contribution is -2.39. The van der Waals surface area contributed by atoms with E-state index >= 15 is 0 Å². The molecule has 35 heavy (non-hydrogen) atoms. The lowest BCUT2D eigenvalue weighted by atomic mass is 10.0. The van der Waals surface area contributed by atoms with Crippen LogP contribution in [0.2, 0.25) is 0 Å². The molecule has 8 nitrogen and oxygen atoms in total. The molecule has 5 rings (SSSR count). The van der Waals surface area contributed by atoms with Crippen molar-refractivity contribution in [2.75, 3.05) is 18.4 Å². The van der Waals surface area contributed by atoms with Gasteiger partial charge in [-0.05, 0) is 24.5 Å². The number of piperidine rings is 1. The molecule has 1 saturated heterocycles. The molecule has 1 aliphatic heterocycles. The van der Waals surface area contributed by atoms with Gasteiger partial charge >= 0.3 is 5.69 Å². The SMILES string of the molecule is Cn1c(=O)c2c(nc(NC3CCN(Cc4ccccc4)CC3)n2Cc2ccccc2F)n(C)c1=O. The summed E-state index contributed by atoms with van der Waals surface area (Å²) in [5, 5.41) is 3.50. The number of nitrogens with one attached hydrogen (secondary N) is 1. The van der Waals surface area contributed by atoms with Crippen molar-refractivity contribution in [2.45, 2.75) is 32.0 Å². The molecule has 9 heteroatoms. The van der Waals surface area contributed by atoms with Crippen LogP contribution in [-0.4, -0.2) is 42.7 Å². The van der Waals surface area contributed by atoms with Gasteiger partial charge < -0.3 is 5.32 Å². The highest BCUT2D eigenvalue weighted by atomic mass is 19.1. The molecule has 182 valence electrons. The summed E-state index contributed by atoms with van der Waals surface area (Å²) in [7, 11) is 3.04. The molecule has 0 amide bonds. The van der Waals surface area contributed by atoms with Crippen LogP contribution in [0.25, 0.3) is 11.2 Å². The van der Waals surface area contributed by atoms with Gasteiger partial charge in [0.25, 0.3) is 5.56 Å². The monoisotopic (exact) mass is 476 g/mol. The first-order valence-electron chi connectivity index (χ1n) is 11.8. The fraction of sp³-hybridized carbons (Fsp3) is 0.346. The van der Waals surface area contributed by atoms with E-state index in [9.17, 15) is 14.0 Å². The average Bonchev–Trinajstić information content (AvgIpc) is 3.22. The topological polar surface area (TPSA) is 77.1 Å². The highest BCUT2D eigenvalue weighted by Crippen LogP contribution is 2.23. The van der Waals surface area contributed by atoms with Gasteiger partial charge in [0.2, 0.25) is 5.95 Å². The lowest BCUT2D eigenvalue weighted by Gasteiger charge is -2.32. The minimum absolute atomic E-state index is 0.131. The van der Waals surface area contributed by atoms with E-state index in [-0.39, 0.29) is 23.9 Å². The number of hydrogen-bond donors (Lipinski definition) is 1. The molecule has 2 aromatic carbocycles. The van der Waals surface area contributed by atoms with Crippen molar-refractivity contribution >= 4 is 17.1 Å². The Balaban J connectivity index is 1.44. The number of imidazole rings is 1. The Morgan fingerprint density at radius 2 is 1.63 bits per heavy atom. The van der Waals surface area contributed by atoms with Gasteiger partial charge in [0, 0.05) is 45.3 Å². The van der Waals surface area contributed by atoms with E-state index in [0.717, 1.165) is 37.0 Å². The summed E-state index contributed by atoms with van der Waals surface area (Å²) < 4.78 is 18.6. The van der Waals surface area contributed by atoms with Gasteiger partial charge in [-0.15, -0.1) is 0 Å². The number of nitrogens with zero attached hydrogens (tertiary/aromatic N) is 5. The lowest BCUT2D eigenvalue weighted by molar-refractivity contribution is 0.211. The number of aromatic nitrogens is 4. The van der Waals surface area contributed by atoms with Crippen LogP contribution in [-0.2, 0) is 27.2 Å². The third-order valence-electron chi connectivity index (χ3n) is 6.80. The third kappa shape index (κ3) is 4.51. The summed E-state index contributed by atoms with van der Waals surface area (Å²) in [6.45, 7) is 2.91. The van der Waals surface area contributed by atoms with Gasteiger partial charge in [-0.1, -0.05) is 48.5 Å². The van der Waals surface area contributed by atoms with Gasteiger partial charge in [-0.25, -0.2) is 9.18 Å². The number of aryl methyl sites for hydroxylation is 1. The van der Waals surface area contributed by atoms with Crippen molar-refractivity contribution < 1.29 is 4.39 Å². The van der Waals surface area contributed by atoms with Gasteiger partial charge in [0.05, 0.1) is 6.54 Å². The molecule has 0 unspecified atom stereocenters. The first-order chi connectivity index (χ1) is 16.9. The molecule has 1 aliphatic rings. The normalized spacial score (nSPS) is 15.1. The number of anilines is 1. The number of halogens is 1. The van der Waals surface area contributed by atoms with E-state index in [1.54, 1.807) is 29.8 Å². The standard InChI is InChI=1S/C26H29FN6O2/c1-30-23-22(24(34)31(2)26(30)35)33(17-19-10-6-7-11-21(19)27)25(29-23)28-20-12-14-32(15-13-20)16-18-8-4-3-5-9-18/h3-11,20H,12-17H2,1-2H3,(H,28,29). The van der Waals surface area contributed by atoms with Crippen molar-refractivity contribution in [3.63, 3.8) is 0 Å². The maximum atomic E-state index is 14.5. The van der Waals surface area contributed by atoms with Gasteiger partial charge in [-0.2, -0.15) is 4.98 Å². The second-order valence-electron chi connectivity index (χ2n) is 9.17. The largest absolute Gasteiger partial charge is 0.353 e. The van der Waals surface area contributed by atoms with E-state index in [1.807, 2.05) is 6.07 Å². The molecule has 2 aromatic heterocycles. The van der Waals surface area contributed by atoms with Crippen molar-refractivity contribution in [3.05, 3.63) is 92.4 Å². The van der Waals surface area contributed by atoms with Crippen molar-refractivity contribution in [3.8, 4) is 0 Å². The Labute approximate surface area is 202 Å². The first kappa shape index (κ1) is 23.0. The van der Waals surface area contributed by atoms with Gasteiger partial charge in [0.15, 0.2) is 11.2 Å². The van der Waals surface area contributed by atoms with Crippen LogP contribution in [0.1, 0.15) is 24.0 Å². The molecule has 1 fully saturated rings. The molecule has 0 spiro atoms. The number of benzene rings is 2. The highest BCUT2D eigenvalue weighted by molar-refractivity contribution is 5.74. The Morgan fingerprint density at radius 1 is 0.943 bits per heavy atom. The van der Waals surface area contributed by atoms with Crippen molar-refractivity contribution in [2.24, 2.45) is 14.1 Å². The molecule has 1 N–H and O–H groups in total. The summed E-state index contributed by atoms with van der Waals surface area (Å²) in [4.78, 5) is 32.7. The zero-order valence-corrected chi connectivity index (χ0v) is 19.9. The number of fused-ring (bicyclic) bond motifs is 1. The smallest absolute Gasteiger partial charge is 0.332 e. The Hall–Kier alpha value is -3.72. The summed E-state index contributed by atoms with van der Waals surface area (Å²) >= 11 is 0. The summed E-state index contributed by atoms with van der Waals surface area (Å²) in [6.07, 6.45) is 1.82. The second-order valence-corrected chi connectivity index (χ2v) is 9.17. The molecule has 0 saturated carbocycles. The maximum absolute atomic E-state index is 14.5. The summed E-state index contributed by atoms with van der Waals surface area (Å²) in [5.74, 6) is 0.124. The van der Waals surface area contributed by atoms with Crippen LogP contribution in [0.3, 0.4) is 0 Å². The quantitative estimate of drug-likeness (QED) is 0.463. The Bertz CT molecular complexity index is 1470. The molecular formula is C26H29FN6O2. The third-order valence-corrected chi connectivity index (χ3v) is 6.80. The van der Waals surface area contributed by atoms with Crippen LogP contribution in [0.5, 0.6) is 0 Å². The predicted molar refractivity (Wildman–Crippen MR) is 134 cm³/mol. The van der Waals surface area contributed by atoms with Crippen LogP contribution in [0, 0.1) is 5.82 Å². The van der Waals surface area contributed by atoms with Crippen molar-refractivity contribution in [1.29, 1.82) is 0 Å². The minimum Gasteiger partial charge on any atom is -0.353 e. The van der Waals surface area contributed by atoms with E-state index in [0.29, 0.717) is 17.2 Å². The fourth-order valence-corrected chi connectivity index (χ4v) is 4.77. The second kappa shape index (κ2) is 9.50. The van der Waals surface area contributed by atoms with E-state index in [1.165, 1.54) is 23.2 Å². The molecular weight excluding hydrogens is 447 g/mol. The zero-order chi connectivity index (χ0) is 24.5. The van der Waals surface area contributed by atoms with Gasteiger partial charge in [-0.3, -0.25) is 23.4 Å². The first-order valence-corrected chi connectivity index (χ1v) is 11.8. The molecule has 3 heterocycles. The van der Waals surface area contributed by atoms with E-state index < -0.39 is 11.2 Å². The van der Waals surface area contributed by atoms with Crippen molar-refractivity contribution in [1.82, 2.24) is 23.6 Å². The molecule has 4 aromatic rings. The van der Waals surface area contributed by atoms with Crippen LogP contribution < -0.4 is 16.6 Å². The summed E-state index contributed by atoms with van der Waals surface area (Å²) in [6, 6.07) is 17.1. The fourth-order valence-electron chi connectivity index (χ4n) is 4.77. The Morgan fingerprint density at radius 3 is 2.34 bits per heavy atom.